The van der Waals surface area contributed by atoms with Crippen molar-refractivity contribution in [2.45, 2.75) is 31.7 Å². The topological polar surface area (TPSA) is 43.8 Å². The van der Waals surface area contributed by atoms with Crippen molar-refractivity contribution < 1.29 is 0 Å². The van der Waals surface area contributed by atoms with Gasteiger partial charge in [-0.1, -0.05) is 6.07 Å². The van der Waals surface area contributed by atoms with Crippen molar-refractivity contribution in [2.24, 2.45) is 5.73 Å². The van der Waals surface area contributed by atoms with Gasteiger partial charge in [0.25, 0.3) is 0 Å². The molecular formula is C13H17N3S. The minimum atomic E-state index is 0.268. The SMILES string of the molecule is NCC(c1cccs1)n1cnc2c1CCCC2. The maximum atomic E-state index is 5.95. The molecular weight excluding hydrogens is 230 g/mol. The molecule has 0 radical (unpaired) electrons. The van der Waals surface area contributed by atoms with Gasteiger partial charge in [-0.15, -0.1) is 11.3 Å². The third-order valence-corrected chi connectivity index (χ3v) is 4.46. The highest BCUT2D eigenvalue weighted by Gasteiger charge is 2.21. The Morgan fingerprint density at radius 1 is 1.41 bits per heavy atom. The molecule has 2 heterocycles. The van der Waals surface area contributed by atoms with Gasteiger partial charge in [0.15, 0.2) is 0 Å². The molecule has 1 aliphatic carbocycles. The third kappa shape index (κ3) is 1.91. The van der Waals surface area contributed by atoms with Crippen LogP contribution >= 0.6 is 11.3 Å². The molecule has 0 aliphatic heterocycles. The molecule has 0 saturated heterocycles. The van der Waals surface area contributed by atoms with Gasteiger partial charge in [-0.2, -0.15) is 0 Å². The predicted octanol–water partition coefficient (Wildman–Crippen LogP) is 2.37. The lowest BCUT2D eigenvalue weighted by Crippen LogP contribution is -2.21. The Hall–Kier alpha value is -1.13. The number of hydrogen-bond acceptors (Lipinski definition) is 3. The summed E-state index contributed by atoms with van der Waals surface area (Å²) in [6.07, 6.45) is 6.81. The molecule has 3 nitrogen and oxygen atoms in total. The lowest BCUT2D eigenvalue weighted by atomic mass is 10.0. The normalized spacial score (nSPS) is 16.8. The lowest BCUT2D eigenvalue weighted by Gasteiger charge is -2.20. The maximum Gasteiger partial charge on any atom is 0.0958 e. The predicted molar refractivity (Wildman–Crippen MR) is 70.4 cm³/mol. The molecule has 2 aromatic heterocycles. The van der Waals surface area contributed by atoms with Crippen molar-refractivity contribution in [3.63, 3.8) is 0 Å². The van der Waals surface area contributed by atoms with Gasteiger partial charge in [0.05, 0.1) is 18.1 Å². The molecule has 0 saturated carbocycles. The fourth-order valence-corrected chi connectivity index (χ4v) is 3.45. The molecule has 1 aliphatic rings. The maximum absolute atomic E-state index is 5.95. The second-order valence-corrected chi connectivity index (χ2v) is 5.50. The van der Waals surface area contributed by atoms with Crippen molar-refractivity contribution in [1.82, 2.24) is 9.55 Å². The number of rotatable bonds is 3. The number of aryl methyl sites for hydroxylation is 1. The number of imidazole rings is 1. The number of fused-ring (bicyclic) bond motifs is 1. The highest BCUT2D eigenvalue weighted by atomic mass is 32.1. The zero-order valence-electron chi connectivity index (χ0n) is 9.80. The number of hydrogen-bond donors (Lipinski definition) is 1. The first-order chi connectivity index (χ1) is 8.40. The number of aromatic nitrogens is 2. The average molecular weight is 247 g/mol. The van der Waals surface area contributed by atoms with Gasteiger partial charge in [-0.25, -0.2) is 4.98 Å². The van der Waals surface area contributed by atoms with E-state index in [4.69, 9.17) is 5.73 Å². The van der Waals surface area contributed by atoms with Crippen molar-refractivity contribution in [3.05, 3.63) is 40.1 Å². The van der Waals surface area contributed by atoms with Crippen molar-refractivity contribution >= 4 is 11.3 Å². The molecule has 1 atom stereocenters. The summed E-state index contributed by atoms with van der Waals surface area (Å²) >= 11 is 1.78. The Kier molecular flexibility index (Phi) is 2.99. The monoisotopic (exact) mass is 247 g/mol. The zero-order chi connectivity index (χ0) is 11.7. The molecule has 0 fully saturated rings. The smallest absolute Gasteiger partial charge is 0.0958 e. The molecule has 90 valence electrons. The molecule has 1 unspecified atom stereocenters. The highest BCUT2D eigenvalue weighted by Crippen LogP contribution is 2.28. The zero-order valence-corrected chi connectivity index (χ0v) is 10.6. The first kappa shape index (κ1) is 11.0. The van der Waals surface area contributed by atoms with Gasteiger partial charge in [0, 0.05) is 17.1 Å². The summed E-state index contributed by atoms with van der Waals surface area (Å²) < 4.78 is 2.29. The highest BCUT2D eigenvalue weighted by molar-refractivity contribution is 7.10. The molecule has 2 aromatic rings. The van der Waals surface area contributed by atoms with Crippen LogP contribution in [0.2, 0.25) is 0 Å². The Balaban J connectivity index is 1.99. The van der Waals surface area contributed by atoms with Crippen LogP contribution in [0.1, 0.15) is 35.1 Å². The molecule has 0 amide bonds. The van der Waals surface area contributed by atoms with Crippen LogP contribution in [0.4, 0.5) is 0 Å². The van der Waals surface area contributed by atoms with E-state index in [1.165, 1.54) is 29.1 Å². The Bertz CT molecular complexity index is 487. The molecule has 0 bridgehead atoms. The summed E-state index contributed by atoms with van der Waals surface area (Å²) in [4.78, 5) is 5.88. The van der Waals surface area contributed by atoms with Gasteiger partial charge in [0.1, 0.15) is 0 Å². The molecule has 2 N–H and O–H groups in total. The molecule has 4 heteroatoms. The Morgan fingerprint density at radius 2 is 2.29 bits per heavy atom. The summed E-state index contributed by atoms with van der Waals surface area (Å²) in [5.74, 6) is 0. The van der Waals surface area contributed by atoms with Gasteiger partial charge in [-0.05, 0) is 37.1 Å². The fourth-order valence-electron chi connectivity index (χ4n) is 2.61. The number of nitrogens with zero attached hydrogens (tertiary/aromatic N) is 2. The van der Waals surface area contributed by atoms with Gasteiger partial charge in [-0.3, -0.25) is 0 Å². The van der Waals surface area contributed by atoms with Crippen LogP contribution in [0.25, 0.3) is 0 Å². The number of thiophene rings is 1. The second-order valence-electron chi connectivity index (χ2n) is 4.52. The largest absolute Gasteiger partial charge is 0.328 e. The van der Waals surface area contributed by atoms with E-state index < -0.39 is 0 Å². The van der Waals surface area contributed by atoms with Crippen LogP contribution in [0.5, 0.6) is 0 Å². The van der Waals surface area contributed by atoms with Crippen LogP contribution in [-0.2, 0) is 12.8 Å². The number of nitrogens with two attached hydrogens (primary N) is 1. The first-order valence-corrected chi connectivity index (χ1v) is 7.06. The van der Waals surface area contributed by atoms with Gasteiger partial charge < -0.3 is 10.3 Å². The van der Waals surface area contributed by atoms with E-state index >= 15 is 0 Å². The molecule has 3 rings (SSSR count). The summed E-state index contributed by atoms with van der Waals surface area (Å²) in [5, 5.41) is 2.11. The summed E-state index contributed by atoms with van der Waals surface area (Å²) in [6, 6.07) is 4.52. The van der Waals surface area contributed by atoms with Crippen LogP contribution in [-0.4, -0.2) is 16.1 Å². The molecule has 0 spiro atoms. The van der Waals surface area contributed by atoms with Crippen LogP contribution in [0.15, 0.2) is 23.8 Å². The van der Waals surface area contributed by atoms with Gasteiger partial charge in [0.2, 0.25) is 0 Å². The third-order valence-electron chi connectivity index (χ3n) is 3.49. The lowest BCUT2D eigenvalue weighted by molar-refractivity contribution is 0.553. The van der Waals surface area contributed by atoms with E-state index in [9.17, 15) is 0 Å². The van der Waals surface area contributed by atoms with E-state index in [0.717, 1.165) is 12.8 Å². The van der Waals surface area contributed by atoms with Crippen molar-refractivity contribution in [2.75, 3.05) is 6.54 Å². The standard InChI is InChI=1S/C13H17N3S/c14-8-12(13-6-3-7-17-13)16-9-15-10-4-1-2-5-11(10)16/h3,6-7,9,12H,1-2,4-5,8,14H2. The van der Waals surface area contributed by atoms with Crippen LogP contribution in [0, 0.1) is 0 Å². The molecule has 17 heavy (non-hydrogen) atoms. The summed E-state index contributed by atoms with van der Waals surface area (Å²) in [5.41, 5.74) is 8.63. The summed E-state index contributed by atoms with van der Waals surface area (Å²) in [7, 11) is 0. The van der Waals surface area contributed by atoms with E-state index in [0.29, 0.717) is 6.54 Å². The fraction of sp³-hybridized carbons (Fsp3) is 0.462. The Morgan fingerprint density at radius 3 is 3.06 bits per heavy atom. The molecule has 0 aromatic carbocycles. The van der Waals surface area contributed by atoms with E-state index in [1.807, 2.05) is 6.33 Å². The van der Waals surface area contributed by atoms with Crippen LogP contribution < -0.4 is 5.73 Å². The van der Waals surface area contributed by atoms with E-state index in [1.54, 1.807) is 11.3 Å². The van der Waals surface area contributed by atoms with Crippen LogP contribution in [0.3, 0.4) is 0 Å². The average Bonchev–Trinajstić information content (AvgIpc) is 3.01. The quantitative estimate of drug-likeness (QED) is 0.905. The van der Waals surface area contributed by atoms with E-state index in [2.05, 4.69) is 27.1 Å². The minimum Gasteiger partial charge on any atom is -0.328 e. The second kappa shape index (κ2) is 4.63. The first-order valence-electron chi connectivity index (χ1n) is 6.18. The summed E-state index contributed by atoms with van der Waals surface area (Å²) in [6.45, 7) is 0.642. The van der Waals surface area contributed by atoms with Gasteiger partial charge >= 0.3 is 0 Å². The minimum absolute atomic E-state index is 0.268. The Labute approximate surface area is 105 Å². The van der Waals surface area contributed by atoms with Crippen molar-refractivity contribution in [3.8, 4) is 0 Å². The van der Waals surface area contributed by atoms with E-state index in [-0.39, 0.29) is 6.04 Å². The van der Waals surface area contributed by atoms with Crippen molar-refractivity contribution in [1.29, 1.82) is 0 Å².